The molecule has 0 saturated carbocycles. The number of ether oxygens (including phenoxy) is 2. The fourth-order valence-corrected chi connectivity index (χ4v) is 3.21. The second kappa shape index (κ2) is 11.2. The summed E-state index contributed by atoms with van der Waals surface area (Å²) in [5.41, 5.74) is 0.213. The number of alkyl halides is 3. The van der Waals surface area contributed by atoms with Crippen LogP contribution in [0.2, 0.25) is 0 Å². The van der Waals surface area contributed by atoms with Crippen LogP contribution >= 0.6 is 0 Å². The molecule has 1 aliphatic rings. The highest BCUT2D eigenvalue weighted by molar-refractivity contribution is 5.76. The maximum absolute atomic E-state index is 12.6. The van der Waals surface area contributed by atoms with Crippen molar-refractivity contribution in [2.45, 2.75) is 32.2 Å². The largest absolute Gasteiger partial charge is 0.419 e. The molecule has 10 heteroatoms. The number of carbonyl (C=O) groups excluding carboxylic acids is 1. The van der Waals surface area contributed by atoms with Gasteiger partial charge in [-0.2, -0.15) is 13.2 Å². The first kappa shape index (κ1) is 23.9. The van der Waals surface area contributed by atoms with Gasteiger partial charge in [0.15, 0.2) is 0 Å². The highest BCUT2D eigenvalue weighted by Gasteiger charge is 2.32. The van der Waals surface area contributed by atoms with Crippen LogP contribution < -0.4 is 4.90 Å². The number of benzene rings is 1. The van der Waals surface area contributed by atoms with E-state index in [1.807, 2.05) is 37.3 Å². The quantitative estimate of drug-likeness (QED) is 0.545. The maximum atomic E-state index is 12.6. The molecule has 32 heavy (non-hydrogen) atoms. The fraction of sp³-hybridized carbons (Fsp3) is 0.500. The minimum Gasteiger partial charge on any atom is -0.378 e. The molecule has 1 fully saturated rings. The number of hydrogen-bond acceptors (Lipinski definition) is 6. The van der Waals surface area contributed by atoms with Gasteiger partial charge >= 0.3 is 6.18 Å². The van der Waals surface area contributed by atoms with Gasteiger partial charge in [-0.15, -0.1) is 0 Å². The van der Waals surface area contributed by atoms with Crippen molar-refractivity contribution in [3.8, 4) is 0 Å². The summed E-state index contributed by atoms with van der Waals surface area (Å²) < 4.78 is 49.2. The van der Waals surface area contributed by atoms with E-state index in [-0.39, 0.29) is 24.4 Å². The normalized spacial score (nSPS) is 15.6. The monoisotopic (exact) mass is 452 g/mol. The summed E-state index contributed by atoms with van der Waals surface area (Å²) in [6, 6.07) is 9.87. The molecule has 3 rings (SSSR count). The molecule has 1 saturated heterocycles. The molecule has 0 N–H and O–H groups in total. The number of nitrogens with zero attached hydrogens (tertiary/aromatic N) is 4. The van der Waals surface area contributed by atoms with Gasteiger partial charge in [0.05, 0.1) is 37.9 Å². The van der Waals surface area contributed by atoms with E-state index in [1.54, 1.807) is 9.80 Å². The summed E-state index contributed by atoms with van der Waals surface area (Å²) in [7, 11) is 0. The van der Waals surface area contributed by atoms with Crippen LogP contribution in [0.25, 0.3) is 0 Å². The molecule has 0 spiro atoms. The summed E-state index contributed by atoms with van der Waals surface area (Å²) in [5.74, 6) is 0.216. The lowest BCUT2D eigenvalue weighted by atomic mass is 10.2. The third-order valence-electron chi connectivity index (χ3n) is 5.07. The van der Waals surface area contributed by atoms with Crippen molar-refractivity contribution in [3.05, 3.63) is 53.9 Å². The van der Waals surface area contributed by atoms with Gasteiger partial charge in [0.1, 0.15) is 0 Å². The van der Waals surface area contributed by atoms with Crippen molar-refractivity contribution < 1.29 is 27.4 Å². The molecule has 0 radical (unpaired) electrons. The first-order valence-electron chi connectivity index (χ1n) is 10.5. The van der Waals surface area contributed by atoms with Gasteiger partial charge in [0.25, 0.3) is 0 Å². The van der Waals surface area contributed by atoms with Crippen molar-refractivity contribution in [3.63, 3.8) is 0 Å². The van der Waals surface area contributed by atoms with Crippen LogP contribution in [0.1, 0.15) is 24.5 Å². The molecule has 1 aliphatic heterocycles. The number of rotatable bonds is 9. The zero-order valence-corrected chi connectivity index (χ0v) is 17.9. The van der Waals surface area contributed by atoms with Gasteiger partial charge < -0.3 is 19.3 Å². The Morgan fingerprint density at radius 2 is 1.75 bits per heavy atom. The summed E-state index contributed by atoms with van der Waals surface area (Å²) >= 11 is 0. The van der Waals surface area contributed by atoms with Crippen LogP contribution in [0.15, 0.2) is 42.7 Å². The van der Waals surface area contributed by atoms with Crippen LogP contribution in [-0.2, 0) is 27.1 Å². The minimum atomic E-state index is -4.46. The van der Waals surface area contributed by atoms with Crippen LogP contribution in [0, 0.1) is 0 Å². The molecule has 2 heterocycles. The zero-order valence-electron chi connectivity index (χ0n) is 17.9. The molecular formula is C22H27F3N4O3. The topological polar surface area (TPSA) is 67.8 Å². The van der Waals surface area contributed by atoms with E-state index in [0.29, 0.717) is 46.0 Å². The summed E-state index contributed by atoms with van der Waals surface area (Å²) in [6.07, 6.45) is -2.72. The van der Waals surface area contributed by atoms with Crippen molar-refractivity contribution in [2.75, 3.05) is 44.3 Å². The first-order valence-corrected chi connectivity index (χ1v) is 10.5. The van der Waals surface area contributed by atoms with E-state index in [4.69, 9.17) is 9.47 Å². The Kier molecular flexibility index (Phi) is 8.40. The Bertz CT molecular complexity index is 842. The van der Waals surface area contributed by atoms with E-state index < -0.39 is 11.7 Å². The van der Waals surface area contributed by atoms with Gasteiger partial charge in [0, 0.05) is 38.6 Å². The van der Waals surface area contributed by atoms with E-state index in [2.05, 4.69) is 9.97 Å². The van der Waals surface area contributed by atoms with Gasteiger partial charge in [-0.05, 0) is 12.5 Å². The molecular weight excluding hydrogens is 425 g/mol. The Balaban J connectivity index is 1.31. The smallest absolute Gasteiger partial charge is 0.378 e. The lowest BCUT2D eigenvalue weighted by Crippen LogP contribution is -2.49. The van der Waals surface area contributed by atoms with E-state index >= 15 is 0 Å². The molecule has 1 amide bonds. The van der Waals surface area contributed by atoms with Gasteiger partial charge in [-0.3, -0.25) is 4.79 Å². The molecule has 2 aromatic rings. The number of amides is 1. The molecule has 174 valence electrons. The SMILES string of the molecule is C[C@H](COCCC(=O)N1CCN(c2ncc(C(F)(F)F)cn2)CC1)OCc1ccccc1. The van der Waals surface area contributed by atoms with Crippen LogP contribution in [0.5, 0.6) is 0 Å². The lowest BCUT2D eigenvalue weighted by Gasteiger charge is -2.34. The fourth-order valence-electron chi connectivity index (χ4n) is 3.21. The predicted molar refractivity (Wildman–Crippen MR) is 112 cm³/mol. The Labute approximate surface area is 185 Å². The standard InChI is InChI=1S/C22H27F3N4O3/c1-17(32-16-18-5-3-2-4-6-18)15-31-12-7-20(30)28-8-10-29(11-9-28)21-26-13-19(14-27-21)22(23,24)25/h2-6,13-14,17H,7-12,15-16H2,1H3/t17-/m1/s1. The Morgan fingerprint density at radius 1 is 1.09 bits per heavy atom. The Hall–Kier alpha value is -2.72. The van der Waals surface area contributed by atoms with E-state index in [0.717, 1.165) is 18.0 Å². The zero-order chi connectivity index (χ0) is 23.0. The molecule has 7 nitrogen and oxygen atoms in total. The predicted octanol–water partition coefficient (Wildman–Crippen LogP) is 3.16. The third kappa shape index (κ3) is 7.16. The molecule has 1 atom stereocenters. The van der Waals surface area contributed by atoms with Crippen molar-refractivity contribution in [1.82, 2.24) is 14.9 Å². The highest BCUT2D eigenvalue weighted by Crippen LogP contribution is 2.28. The molecule has 1 aromatic heterocycles. The molecule has 1 aromatic carbocycles. The molecule has 0 unspecified atom stereocenters. The minimum absolute atomic E-state index is 0.0177. The summed E-state index contributed by atoms with van der Waals surface area (Å²) in [6.45, 7) is 4.98. The summed E-state index contributed by atoms with van der Waals surface area (Å²) in [4.78, 5) is 23.5. The molecule has 0 aliphatic carbocycles. The second-order valence-corrected chi connectivity index (χ2v) is 7.57. The van der Waals surface area contributed by atoms with E-state index in [1.165, 1.54) is 0 Å². The average molecular weight is 452 g/mol. The number of piperazine rings is 1. The van der Waals surface area contributed by atoms with Crippen LogP contribution in [-0.4, -0.2) is 66.3 Å². The number of hydrogen-bond donors (Lipinski definition) is 0. The van der Waals surface area contributed by atoms with Gasteiger partial charge in [0.2, 0.25) is 11.9 Å². The third-order valence-corrected chi connectivity index (χ3v) is 5.07. The van der Waals surface area contributed by atoms with Crippen LogP contribution in [0.3, 0.4) is 0 Å². The Morgan fingerprint density at radius 3 is 2.38 bits per heavy atom. The number of carbonyl (C=O) groups is 1. The van der Waals surface area contributed by atoms with Crippen LogP contribution in [0.4, 0.5) is 19.1 Å². The van der Waals surface area contributed by atoms with Gasteiger partial charge in [-0.1, -0.05) is 30.3 Å². The van der Waals surface area contributed by atoms with Gasteiger partial charge in [-0.25, -0.2) is 9.97 Å². The van der Waals surface area contributed by atoms with Crippen molar-refractivity contribution in [2.24, 2.45) is 0 Å². The van der Waals surface area contributed by atoms with E-state index in [9.17, 15) is 18.0 Å². The lowest BCUT2D eigenvalue weighted by molar-refractivity contribution is -0.138. The molecule has 0 bridgehead atoms. The average Bonchev–Trinajstić information content (AvgIpc) is 2.80. The second-order valence-electron chi connectivity index (χ2n) is 7.57. The first-order chi connectivity index (χ1) is 15.3. The number of aromatic nitrogens is 2. The highest BCUT2D eigenvalue weighted by atomic mass is 19.4. The summed E-state index contributed by atoms with van der Waals surface area (Å²) in [5, 5.41) is 0. The maximum Gasteiger partial charge on any atom is 0.419 e. The van der Waals surface area contributed by atoms with Crippen molar-refractivity contribution >= 4 is 11.9 Å². The van der Waals surface area contributed by atoms with Crippen molar-refractivity contribution in [1.29, 1.82) is 0 Å². The number of halogens is 3. The number of anilines is 1.